The van der Waals surface area contributed by atoms with Crippen molar-refractivity contribution in [1.82, 2.24) is 0 Å². The quantitative estimate of drug-likeness (QED) is 0.751. The number of carbonyl (C=O) groups excluding carboxylic acids is 1. The van der Waals surface area contributed by atoms with E-state index in [1.807, 2.05) is 31.2 Å². The SMILES string of the molecule is CCC(=O)C(Br)Cc1ccccc1COC. The van der Waals surface area contributed by atoms with Gasteiger partial charge in [-0.05, 0) is 17.5 Å². The average molecular weight is 285 g/mol. The average Bonchev–Trinajstić information content (AvgIpc) is 2.31. The van der Waals surface area contributed by atoms with Gasteiger partial charge in [-0.25, -0.2) is 0 Å². The molecule has 1 unspecified atom stereocenters. The summed E-state index contributed by atoms with van der Waals surface area (Å²) in [4.78, 5) is 11.4. The lowest BCUT2D eigenvalue weighted by Crippen LogP contribution is -2.16. The summed E-state index contributed by atoms with van der Waals surface area (Å²) < 4.78 is 5.14. The van der Waals surface area contributed by atoms with E-state index in [1.165, 1.54) is 5.56 Å². The minimum atomic E-state index is -0.0875. The van der Waals surface area contributed by atoms with Crippen LogP contribution < -0.4 is 0 Å². The highest BCUT2D eigenvalue weighted by Gasteiger charge is 2.14. The Balaban J connectivity index is 2.75. The number of halogens is 1. The van der Waals surface area contributed by atoms with E-state index >= 15 is 0 Å². The molecule has 0 N–H and O–H groups in total. The zero-order valence-corrected chi connectivity index (χ0v) is 11.3. The van der Waals surface area contributed by atoms with E-state index in [0.717, 1.165) is 12.0 Å². The molecule has 0 fully saturated rings. The van der Waals surface area contributed by atoms with E-state index in [1.54, 1.807) is 7.11 Å². The van der Waals surface area contributed by atoms with E-state index in [4.69, 9.17) is 4.74 Å². The van der Waals surface area contributed by atoms with Crippen molar-refractivity contribution in [2.45, 2.75) is 31.2 Å². The first-order valence-corrected chi connectivity index (χ1v) is 6.33. The molecule has 0 spiro atoms. The molecule has 1 rings (SSSR count). The predicted octanol–water partition coefficient (Wildman–Crippen LogP) is 3.12. The van der Waals surface area contributed by atoms with Crippen molar-refractivity contribution in [3.8, 4) is 0 Å². The van der Waals surface area contributed by atoms with E-state index in [2.05, 4.69) is 15.9 Å². The molecule has 1 atom stereocenters. The van der Waals surface area contributed by atoms with Crippen LogP contribution in [0.2, 0.25) is 0 Å². The number of Topliss-reactive ketones (excluding diaryl/α,β-unsaturated/α-hetero) is 1. The predicted molar refractivity (Wildman–Crippen MR) is 68.9 cm³/mol. The van der Waals surface area contributed by atoms with Gasteiger partial charge in [-0.15, -0.1) is 0 Å². The summed E-state index contributed by atoms with van der Waals surface area (Å²) in [5.41, 5.74) is 2.33. The van der Waals surface area contributed by atoms with Crippen molar-refractivity contribution in [3.05, 3.63) is 35.4 Å². The number of methoxy groups -OCH3 is 1. The van der Waals surface area contributed by atoms with Crippen LogP contribution in [0.4, 0.5) is 0 Å². The summed E-state index contributed by atoms with van der Waals surface area (Å²) in [5, 5.41) is 0. The van der Waals surface area contributed by atoms with Crippen LogP contribution in [0.3, 0.4) is 0 Å². The molecule has 88 valence electrons. The first-order chi connectivity index (χ1) is 7.69. The Kier molecular flexibility index (Phi) is 5.71. The summed E-state index contributed by atoms with van der Waals surface area (Å²) in [6.45, 7) is 2.48. The van der Waals surface area contributed by atoms with Crippen molar-refractivity contribution in [3.63, 3.8) is 0 Å². The van der Waals surface area contributed by atoms with Gasteiger partial charge in [0.25, 0.3) is 0 Å². The van der Waals surface area contributed by atoms with Gasteiger partial charge in [0.2, 0.25) is 0 Å². The number of hydrogen-bond donors (Lipinski definition) is 0. The molecule has 0 heterocycles. The van der Waals surface area contributed by atoms with Crippen molar-refractivity contribution < 1.29 is 9.53 Å². The maximum Gasteiger partial charge on any atom is 0.146 e. The number of alkyl halides is 1. The molecule has 0 aliphatic heterocycles. The molecule has 0 aliphatic carbocycles. The van der Waals surface area contributed by atoms with E-state index in [9.17, 15) is 4.79 Å². The van der Waals surface area contributed by atoms with Gasteiger partial charge in [-0.1, -0.05) is 47.1 Å². The van der Waals surface area contributed by atoms with Crippen molar-refractivity contribution in [2.24, 2.45) is 0 Å². The maximum absolute atomic E-state index is 11.5. The van der Waals surface area contributed by atoms with Crippen molar-refractivity contribution in [2.75, 3.05) is 7.11 Å². The summed E-state index contributed by atoms with van der Waals surface area (Å²) in [7, 11) is 1.68. The molecule has 1 aromatic rings. The van der Waals surface area contributed by atoms with Gasteiger partial charge < -0.3 is 4.74 Å². The van der Waals surface area contributed by atoms with Gasteiger partial charge in [0.15, 0.2) is 0 Å². The molecule has 2 nitrogen and oxygen atoms in total. The Labute approximate surface area is 105 Å². The van der Waals surface area contributed by atoms with Crippen LogP contribution in [0.15, 0.2) is 24.3 Å². The van der Waals surface area contributed by atoms with Crippen LogP contribution >= 0.6 is 15.9 Å². The number of carbonyl (C=O) groups is 1. The Morgan fingerprint density at radius 3 is 2.56 bits per heavy atom. The van der Waals surface area contributed by atoms with Crippen LogP contribution in [-0.4, -0.2) is 17.7 Å². The van der Waals surface area contributed by atoms with Gasteiger partial charge >= 0.3 is 0 Å². The number of benzene rings is 1. The Hall–Kier alpha value is -0.670. The monoisotopic (exact) mass is 284 g/mol. The third kappa shape index (κ3) is 3.72. The molecule has 1 aromatic carbocycles. The van der Waals surface area contributed by atoms with E-state index in [0.29, 0.717) is 13.0 Å². The highest BCUT2D eigenvalue weighted by molar-refractivity contribution is 9.10. The topological polar surface area (TPSA) is 26.3 Å². The molecule has 3 heteroatoms. The van der Waals surface area contributed by atoms with Gasteiger partial charge in [-0.2, -0.15) is 0 Å². The van der Waals surface area contributed by atoms with Crippen LogP contribution in [0, 0.1) is 0 Å². The third-order valence-corrected chi connectivity index (χ3v) is 3.35. The molecule has 0 bridgehead atoms. The molecule has 0 saturated carbocycles. The second-order valence-electron chi connectivity index (χ2n) is 3.69. The maximum atomic E-state index is 11.5. The third-order valence-electron chi connectivity index (χ3n) is 2.52. The Bertz CT molecular complexity index is 350. The normalized spacial score (nSPS) is 12.4. The second-order valence-corrected chi connectivity index (χ2v) is 4.80. The minimum Gasteiger partial charge on any atom is -0.380 e. The van der Waals surface area contributed by atoms with Gasteiger partial charge in [0.05, 0.1) is 11.4 Å². The molecule has 0 saturated heterocycles. The number of rotatable bonds is 6. The number of ketones is 1. The van der Waals surface area contributed by atoms with Gasteiger partial charge in [0, 0.05) is 13.5 Å². The summed E-state index contributed by atoms with van der Waals surface area (Å²) in [6.07, 6.45) is 1.30. The van der Waals surface area contributed by atoms with E-state index < -0.39 is 0 Å². The van der Waals surface area contributed by atoms with Crippen LogP contribution in [0.1, 0.15) is 24.5 Å². The fourth-order valence-electron chi connectivity index (χ4n) is 1.58. The highest BCUT2D eigenvalue weighted by Crippen LogP contribution is 2.17. The van der Waals surface area contributed by atoms with Crippen LogP contribution in [-0.2, 0) is 22.6 Å². The lowest BCUT2D eigenvalue weighted by molar-refractivity contribution is -0.118. The number of hydrogen-bond acceptors (Lipinski definition) is 2. The summed E-state index contributed by atoms with van der Waals surface area (Å²) in [5.74, 6) is 0.243. The van der Waals surface area contributed by atoms with Gasteiger partial charge in [0.1, 0.15) is 5.78 Å². The van der Waals surface area contributed by atoms with Crippen molar-refractivity contribution >= 4 is 21.7 Å². The summed E-state index contributed by atoms with van der Waals surface area (Å²) >= 11 is 3.44. The minimum absolute atomic E-state index is 0.0875. The highest BCUT2D eigenvalue weighted by atomic mass is 79.9. The van der Waals surface area contributed by atoms with Gasteiger partial charge in [-0.3, -0.25) is 4.79 Å². The fourth-order valence-corrected chi connectivity index (χ4v) is 2.25. The van der Waals surface area contributed by atoms with Crippen LogP contribution in [0.5, 0.6) is 0 Å². The lowest BCUT2D eigenvalue weighted by atomic mass is 10.0. The molecule has 16 heavy (non-hydrogen) atoms. The Morgan fingerprint density at radius 1 is 1.38 bits per heavy atom. The lowest BCUT2D eigenvalue weighted by Gasteiger charge is -2.11. The fraction of sp³-hybridized carbons (Fsp3) is 0.462. The van der Waals surface area contributed by atoms with E-state index in [-0.39, 0.29) is 10.6 Å². The molecule has 0 aromatic heterocycles. The second kappa shape index (κ2) is 6.81. The molecule has 0 amide bonds. The first kappa shape index (κ1) is 13.4. The molecular formula is C13H17BrO2. The van der Waals surface area contributed by atoms with Crippen molar-refractivity contribution in [1.29, 1.82) is 0 Å². The molecule has 0 radical (unpaired) electrons. The summed E-state index contributed by atoms with van der Waals surface area (Å²) in [6, 6.07) is 8.06. The number of ether oxygens (including phenoxy) is 1. The molecule has 0 aliphatic rings. The smallest absolute Gasteiger partial charge is 0.146 e. The standard InChI is InChI=1S/C13H17BrO2/c1-3-13(15)12(14)8-10-6-4-5-7-11(10)9-16-2/h4-7,12H,3,8-9H2,1-2H3. The zero-order valence-electron chi connectivity index (χ0n) is 9.70. The zero-order chi connectivity index (χ0) is 12.0. The largest absolute Gasteiger partial charge is 0.380 e. The molecular weight excluding hydrogens is 268 g/mol. The first-order valence-electron chi connectivity index (χ1n) is 5.41. The Morgan fingerprint density at radius 2 is 2.00 bits per heavy atom. The van der Waals surface area contributed by atoms with Crippen LogP contribution in [0.25, 0.3) is 0 Å².